The lowest BCUT2D eigenvalue weighted by Gasteiger charge is -2.00. The third kappa shape index (κ3) is 3.08. The number of amides is 1. The first-order valence-corrected chi connectivity index (χ1v) is 5.29. The Morgan fingerprint density at radius 3 is 2.71 bits per heavy atom. The summed E-state index contributed by atoms with van der Waals surface area (Å²) >= 11 is 1.63. The van der Waals surface area contributed by atoms with Gasteiger partial charge in [0.1, 0.15) is 5.01 Å². The van der Waals surface area contributed by atoms with E-state index in [-0.39, 0.29) is 5.91 Å². The third-order valence-electron chi connectivity index (χ3n) is 1.85. The highest BCUT2D eigenvalue weighted by Crippen LogP contribution is 2.15. The fourth-order valence-corrected chi connectivity index (χ4v) is 1.89. The van der Waals surface area contributed by atoms with Gasteiger partial charge in [0.05, 0.1) is 18.8 Å². The second kappa shape index (κ2) is 5.07. The Morgan fingerprint density at radius 1 is 1.50 bits per heavy atom. The van der Waals surface area contributed by atoms with Gasteiger partial charge in [-0.15, -0.1) is 11.3 Å². The number of hydrogen-bond acceptors (Lipinski definition) is 4. The molecule has 0 atom stereocenters. The Morgan fingerprint density at radius 2 is 2.21 bits per heavy atom. The minimum atomic E-state index is -0.00185. The van der Waals surface area contributed by atoms with Crippen molar-refractivity contribution in [2.45, 2.75) is 20.4 Å². The molecule has 0 bridgehead atoms. The van der Waals surface area contributed by atoms with Crippen LogP contribution >= 0.6 is 11.3 Å². The molecule has 0 spiro atoms. The summed E-state index contributed by atoms with van der Waals surface area (Å²) in [5.74, 6) is -0.00185. The van der Waals surface area contributed by atoms with E-state index in [1.807, 2.05) is 13.8 Å². The quantitative estimate of drug-likeness (QED) is 0.770. The van der Waals surface area contributed by atoms with Gasteiger partial charge in [-0.05, 0) is 20.9 Å². The molecule has 0 aliphatic rings. The first-order valence-electron chi connectivity index (χ1n) is 4.47. The van der Waals surface area contributed by atoms with Crippen LogP contribution in [0.5, 0.6) is 0 Å². The molecule has 1 aromatic heterocycles. The van der Waals surface area contributed by atoms with Crippen molar-refractivity contribution in [3.63, 3.8) is 0 Å². The Bertz CT molecular complexity index is 302. The van der Waals surface area contributed by atoms with Crippen LogP contribution in [0.15, 0.2) is 0 Å². The van der Waals surface area contributed by atoms with Crippen LogP contribution in [-0.2, 0) is 11.3 Å². The van der Waals surface area contributed by atoms with Gasteiger partial charge in [-0.1, -0.05) is 0 Å². The van der Waals surface area contributed by atoms with Crippen molar-refractivity contribution in [2.24, 2.45) is 0 Å². The molecule has 0 unspecified atom stereocenters. The summed E-state index contributed by atoms with van der Waals surface area (Å²) in [4.78, 5) is 16.6. The average molecular weight is 213 g/mol. The first-order chi connectivity index (χ1) is 6.63. The molecule has 0 aliphatic heterocycles. The van der Waals surface area contributed by atoms with Crippen LogP contribution in [0.3, 0.4) is 0 Å². The molecule has 1 rings (SSSR count). The molecule has 0 radical (unpaired) electrons. The zero-order valence-electron chi connectivity index (χ0n) is 8.68. The van der Waals surface area contributed by atoms with Crippen LogP contribution in [0.4, 0.5) is 0 Å². The molecule has 2 N–H and O–H groups in total. The van der Waals surface area contributed by atoms with Crippen molar-refractivity contribution < 1.29 is 4.79 Å². The van der Waals surface area contributed by atoms with Crippen molar-refractivity contribution in [3.8, 4) is 0 Å². The van der Waals surface area contributed by atoms with Gasteiger partial charge in [0.15, 0.2) is 0 Å². The standard InChI is InChI=1S/C9H15N3OS/c1-6-7(2)14-9(12-6)5-11-8(13)4-10-3/h10H,4-5H2,1-3H3,(H,11,13). The van der Waals surface area contributed by atoms with Crippen molar-refractivity contribution in [1.29, 1.82) is 0 Å². The summed E-state index contributed by atoms with van der Waals surface area (Å²) in [6, 6.07) is 0. The van der Waals surface area contributed by atoms with Gasteiger partial charge in [-0.2, -0.15) is 0 Å². The molecular weight excluding hydrogens is 198 g/mol. The molecule has 5 heteroatoms. The minimum absolute atomic E-state index is 0.00185. The largest absolute Gasteiger partial charge is 0.348 e. The molecule has 4 nitrogen and oxygen atoms in total. The molecule has 14 heavy (non-hydrogen) atoms. The van der Waals surface area contributed by atoms with E-state index in [0.717, 1.165) is 10.7 Å². The summed E-state index contributed by atoms with van der Waals surface area (Å²) in [6.07, 6.45) is 0. The van der Waals surface area contributed by atoms with E-state index in [2.05, 4.69) is 15.6 Å². The molecule has 0 saturated carbocycles. The molecule has 1 heterocycles. The lowest BCUT2D eigenvalue weighted by atomic mass is 10.4. The average Bonchev–Trinajstić information content (AvgIpc) is 2.44. The smallest absolute Gasteiger partial charge is 0.234 e. The summed E-state index contributed by atoms with van der Waals surface area (Å²) in [5, 5.41) is 6.54. The number of carbonyl (C=O) groups excluding carboxylic acids is 1. The van der Waals surface area contributed by atoms with Crippen molar-refractivity contribution in [1.82, 2.24) is 15.6 Å². The number of likely N-dealkylation sites (N-methyl/N-ethyl adjacent to an activating group) is 1. The zero-order chi connectivity index (χ0) is 10.6. The number of thiazole rings is 1. The van der Waals surface area contributed by atoms with Crippen LogP contribution in [-0.4, -0.2) is 24.5 Å². The zero-order valence-corrected chi connectivity index (χ0v) is 9.49. The Labute approximate surface area is 87.7 Å². The van der Waals surface area contributed by atoms with Crippen LogP contribution in [0.25, 0.3) is 0 Å². The monoisotopic (exact) mass is 213 g/mol. The summed E-state index contributed by atoms with van der Waals surface area (Å²) in [7, 11) is 1.75. The van der Waals surface area contributed by atoms with Gasteiger partial charge in [-0.25, -0.2) is 4.98 Å². The van der Waals surface area contributed by atoms with Crippen molar-refractivity contribution >= 4 is 17.2 Å². The molecule has 1 amide bonds. The number of nitrogens with one attached hydrogen (secondary N) is 2. The molecule has 0 saturated heterocycles. The number of carbonyl (C=O) groups is 1. The fourth-order valence-electron chi connectivity index (χ4n) is 1.01. The Hall–Kier alpha value is -0.940. The van der Waals surface area contributed by atoms with Gasteiger partial charge in [0.25, 0.3) is 0 Å². The molecule has 0 aliphatic carbocycles. The number of aryl methyl sites for hydroxylation is 2. The van der Waals surface area contributed by atoms with Gasteiger partial charge >= 0.3 is 0 Å². The number of nitrogens with zero attached hydrogens (tertiary/aromatic N) is 1. The number of hydrogen-bond donors (Lipinski definition) is 2. The predicted octanol–water partition coefficient (Wildman–Crippen LogP) is 0.596. The van der Waals surface area contributed by atoms with Crippen molar-refractivity contribution in [2.75, 3.05) is 13.6 Å². The Balaban J connectivity index is 2.42. The first kappa shape index (κ1) is 11.1. The van der Waals surface area contributed by atoms with E-state index >= 15 is 0 Å². The second-order valence-corrected chi connectivity index (χ2v) is 4.34. The fraction of sp³-hybridized carbons (Fsp3) is 0.556. The molecule has 0 fully saturated rings. The van der Waals surface area contributed by atoms with E-state index in [1.54, 1.807) is 18.4 Å². The lowest BCUT2D eigenvalue weighted by Crippen LogP contribution is -2.31. The molecule has 78 valence electrons. The maximum atomic E-state index is 11.1. The highest BCUT2D eigenvalue weighted by Gasteiger charge is 2.04. The van der Waals surface area contributed by atoms with E-state index in [9.17, 15) is 4.79 Å². The van der Waals surface area contributed by atoms with Crippen LogP contribution in [0.2, 0.25) is 0 Å². The van der Waals surface area contributed by atoms with Gasteiger partial charge < -0.3 is 10.6 Å². The van der Waals surface area contributed by atoms with E-state index < -0.39 is 0 Å². The normalized spacial score (nSPS) is 10.2. The van der Waals surface area contributed by atoms with Gasteiger partial charge in [-0.3, -0.25) is 4.79 Å². The SMILES string of the molecule is CNCC(=O)NCc1nc(C)c(C)s1. The highest BCUT2D eigenvalue weighted by molar-refractivity contribution is 7.11. The lowest BCUT2D eigenvalue weighted by molar-refractivity contribution is -0.120. The molecular formula is C9H15N3OS. The topological polar surface area (TPSA) is 54.0 Å². The minimum Gasteiger partial charge on any atom is -0.348 e. The van der Waals surface area contributed by atoms with Crippen LogP contribution in [0.1, 0.15) is 15.6 Å². The van der Waals surface area contributed by atoms with Crippen molar-refractivity contribution in [3.05, 3.63) is 15.6 Å². The van der Waals surface area contributed by atoms with Crippen LogP contribution < -0.4 is 10.6 Å². The summed E-state index contributed by atoms with van der Waals surface area (Å²) in [6.45, 7) is 4.89. The van der Waals surface area contributed by atoms with Crippen LogP contribution in [0, 0.1) is 13.8 Å². The van der Waals surface area contributed by atoms with E-state index in [1.165, 1.54) is 4.88 Å². The predicted molar refractivity (Wildman–Crippen MR) is 57.4 cm³/mol. The third-order valence-corrected chi connectivity index (χ3v) is 2.92. The van der Waals surface area contributed by atoms with Gasteiger partial charge in [0, 0.05) is 4.88 Å². The highest BCUT2D eigenvalue weighted by atomic mass is 32.1. The number of aromatic nitrogens is 1. The maximum absolute atomic E-state index is 11.1. The second-order valence-electron chi connectivity index (χ2n) is 3.06. The number of rotatable bonds is 4. The summed E-state index contributed by atoms with van der Waals surface area (Å²) in [5.41, 5.74) is 1.05. The van der Waals surface area contributed by atoms with Gasteiger partial charge in [0.2, 0.25) is 5.91 Å². The van der Waals surface area contributed by atoms with E-state index in [4.69, 9.17) is 0 Å². The molecule has 1 aromatic rings. The Kier molecular flexibility index (Phi) is 4.03. The molecule has 0 aromatic carbocycles. The van der Waals surface area contributed by atoms with E-state index in [0.29, 0.717) is 13.1 Å². The summed E-state index contributed by atoms with van der Waals surface area (Å²) < 4.78 is 0. The maximum Gasteiger partial charge on any atom is 0.234 e.